The van der Waals surface area contributed by atoms with Crippen molar-refractivity contribution in [2.75, 3.05) is 19.7 Å². The molecular weight excluding hydrogens is 214 g/mol. The third-order valence-corrected chi connectivity index (χ3v) is 4.32. The summed E-state index contributed by atoms with van der Waals surface area (Å²) in [6.07, 6.45) is 6.34. The summed E-state index contributed by atoms with van der Waals surface area (Å²) in [5, 5.41) is 6.80. The maximum absolute atomic E-state index is 5.95. The minimum Gasteiger partial charge on any atom is -0.375 e. The lowest BCUT2D eigenvalue weighted by atomic mass is 9.72. The van der Waals surface area contributed by atoms with Crippen LogP contribution in [0.25, 0.3) is 0 Å². The van der Waals surface area contributed by atoms with Crippen LogP contribution in [0.3, 0.4) is 0 Å². The Morgan fingerprint density at radius 1 is 1.53 bits per heavy atom. The lowest BCUT2D eigenvalue weighted by Crippen LogP contribution is -2.48. The highest BCUT2D eigenvalue weighted by Gasteiger charge is 2.42. The average Bonchev–Trinajstić information content (AvgIpc) is 2.71. The summed E-state index contributed by atoms with van der Waals surface area (Å²) in [5.74, 6) is 1.75. The summed E-state index contributed by atoms with van der Waals surface area (Å²) in [6, 6.07) is 0.491. The predicted octanol–water partition coefficient (Wildman–Crippen LogP) is 1.27. The number of nitrogens with zero attached hydrogens (tertiary/aromatic N) is 1. The van der Waals surface area contributed by atoms with Crippen molar-refractivity contribution in [3.8, 4) is 0 Å². The first kappa shape index (κ1) is 11.3. The molecule has 1 aliphatic carbocycles. The number of rotatable bonds is 2. The molecule has 2 heterocycles. The second kappa shape index (κ2) is 4.48. The lowest BCUT2D eigenvalue weighted by Gasteiger charge is -2.47. The van der Waals surface area contributed by atoms with E-state index in [1.807, 2.05) is 0 Å². The molecule has 96 valence electrons. The van der Waals surface area contributed by atoms with E-state index in [2.05, 4.69) is 22.5 Å². The monoisotopic (exact) mass is 237 g/mol. The van der Waals surface area contributed by atoms with Crippen LogP contribution < -0.4 is 10.6 Å². The van der Waals surface area contributed by atoms with Crippen LogP contribution in [0.5, 0.6) is 0 Å². The normalized spacial score (nSPS) is 35.0. The molecule has 0 aromatic carbocycles. The van der Waals surface area contributed by atoms with E-state index in [-0.39, 0.29) is 5.60 Å². The van der Waals surface area contributed by atoms with Crippen molar-refractivity contribution >= 4 is 5.96 Å². The van der Waals surface area contributed by atoms with E-state index in [1.54, 1.807) is 0 Å². The Bertz CT molecular complexity index is 312. The number of hydrogen-bond acceptors (Lipinski definition) is 4. The van der Waals surface area contributed by atoms with Crippen LogP contribution in [0.4, 0.5) is 0 Å². The van der Waals surface area contributed by atoms with Crippen LogP contribution in [-0.2, 0) is 4.74 Å². The fourth-order valence-corrected chi connectivity index (χ4v) is 3.12. The molecule has 0 bridgehead atoms. The number of hydrogen-bond donors (Lipinski definition) is 2. The van der Waals surface area contributed by atoms with Gasteiger partial charge in [-0.3, -0.25) is 4.99 Å². The summed E-state index contributed by atoms with van der Waals surface area (Å²) >= 11 is 0. The Balaban J connectivity index is 1.45. The Hall–Kier alpha value is -0.770. The molecule has 1 saturated carbocycles. The first-order valence-corrected chi connectivity index (χ1v) is 6.95. The van der Waals surface area contributed by atoms with Crippen molar-refractivity contribution in [1.82, 2.24) is 10.6 Å². The second-order valence-corrected chi connectivity index (χ2v) is 5.86. The fourth-order valence-electron chi connectivity index (χ4n) is 3.12. The van der Waals surface area contributed by atoms with Gasteiger partial charge < -0.3 is 15.4 Å². The van der Waals surface area contributed by atoms with Crippen molar-refractivity contribution < 1.29 is 4.74 Å². The highest BCUT2D eigenvalue weighted by atomic mass is 16.5. The summed E-state index contributed by atoms with van der Waals surface area (Å²) in [5.41, 5.74) is 0.267. The number of ether oxygens (including phenoxy) is 1. The topological polar surface area (TPSA) is 45.7 Å². The molecule has 4 heteroatoms. The van der Waals surface area contributed by atoms with Gasteiger partial charge in [0.05, 0.1) is 12.1 Å². The minimum absolute atomic E-state index is 0.267. The smallest absolute Gasteiger partial charge is 0.191 e. The second-order valence-electron chi connectivity index (χ2n) is 5.86. The molecule has 2 fully saturated rings. The average molecular weight is 237 g/mol. The minimum atomic E-state index is 0.267. The Morgan fingerprint density at radius 2 is 2.41 bits per heavy atom. The van der Waals surface area contributed by atoms with E-state index in [9.17, 15) is 0 Å². The lowest BCUT2D eigenvalue weighted by molar-refractivity contribution is -0.142. The largest absolute Gasteiger partial charge is 0.375 e. The summed E-state index contributed by atoms with van der Waals surface area (Å²) in [6.45, 7) is 5.06. The predicted molar refractivity (Wildman–Crippen MR) is 68.2 cm³/mol. The Kier molecular flexibility index (Phi) is 2.99. The summed E-state index contributed by atoms with van der Waals surface area (Å²) in [7, 11) is 0. The van der Waals surface area contributed by atoms with Gasteiger partial charge in [-0.1, -0.05) is 0 Å². The van der Waals surface area contributed by atoms with Gasteiger partial charge >= 0.3 is 0 Å². The van der Waals surface area contributed by atoms with Crippen molar-refractivity contribution in [3.63, 3.8) is 0 Å². The van der Waals surface area contributed by atoms with Gasteiger partial charge in [-0.05, 0) is 44.9 Å². The molecule has 2 aliphatic heterocycles. The van der Waals surface area contributed by atoms with Crippen LogP contribution in [0, 0.1) is 5.92 Å². The Morgan fingerprint density at radius 3 is 3.06 bits per heavy atom. The molecule has 2 atom stereocenters. The number of nitrogens with one attached hydrogen (secondary N) is 2. The van der Waals surface area contributed by atoms with Gasteiger partial charge in [-0.25, -0.2) is 0 Å². The fraction of sp³-hybridized carbons (Fsp3) is 0.923. The van der Waals surface area contributed by atoms with Gasteiger partial charge in [0, 0.05) is 19.2 Å². The van der Waals surface area contributed by atoms with Gasteiger partial charge in [0.1, 0.15) is 0 Å². The molecule has 17 heavy (non-hydrogen) atoms. The van der Waals surface area contributed by atoms with E-state index >= 15 is 0 Å². The zero-order chi connectivity index (χ0) is 11.7. The van der Waals surface area contributed by atoms with Gasteiger partial charge in [0.2, 0.25) is 0 Å². The zero-order valence-electron chi connectivity index (χ0n) is 10.7. The van der Waals surface area contributed by atoms with E-state index in [0.29, 0.717) is 6.04 Å². The van der Waals surface area contributed by atoms with E-state index < -0.39 is 0 Å². The maximum atomic E-state index is 5.95. The quantitative estimate of drug-likeness (QED) is 0.760. The molecule has 2 N–H and O–H groups in total. The maximum Gasteiger partial charge on any atom is 0.191 e. The standard InChI is InChI=1S/C13H23N3O/c1-10-8-14-12(16-10)15-9-11-3-6-17-13(7-11)4-2-5-13/h10-11H,2-9H2,1H3,(H2,14,15,16). The third kappa shape index (κ3) is 2.41. The molecule has 0 aromatic heterocycles. The van der Waals surface area contributed by atoms with Gasteiger partial charge in [0.25, 0.3) is 0 Å². The van der Waals surface area contributed by atoms with Crippen molar-refractivity contribution in [2.45, 2.75) is 50.7 Å². The molecule has 4 nitrogen and oxygen atoms in total. The van der Waals surface area contributed by atoms with Gasteiger partial charge in [-0.15, -0.1) is 0 Å². The van der Waals surface area contributed by atoms with E-state index in [1.165, 1.54) is 32.1 Å². The molecule has 1 saturated heterocycles. The summed E-state index contributed by atoms with van der Waals surface area (Å²) in [4.78, 5) is 4.43. The van der Waals surface area contributed by atoms with E-state index in [0.717, 1.165) is 31.6 Å². The first-order chi connectivity index (χ1) is 8.26. The summed E-state index contributed by atoms with van der Waals surface area (Å²) < 4.78 is 5.95. The van der Waals surface area contributed by atoms with Crippen molar-refractivity contribution in [2.24, 2.45) is 10.9 Å². The molecule has 0 aromatic rings. The zero-order valence-corrected chi connectivity index (χ0v) is 10.7. The van der Waals surface area contributed by atoms with Crippen molar-refractivity contribution in [1.29, 1.82) is 0 Å². The molecule has 3 rings (SSSR count). The molecule has 0 amide bonds. The van der Waals surface area contributed by atoms with Crippen LogP contribution in [0.1, 0.15) is 39.0 Å². The highest BCUT2D eigenvalue weighted by Crippen LogP contribution is 2.43. The number of aliphatic imine (C=N–C) groups is 1. The van der Waals surface area contributed by atoms with Crippen LogP contribution in [0.2, 0.25) is 0 Å². The first-order valence-electron chi connectivity index (χ1n) is 6.95. The van der Waals surface area contributed by atoms with Gasteiger partial charge in [-0.2, -0.15) is 0 Å². The van der Waals surface area contributed by atoms with E-state index in [4.69, 9.17) is 4.74 Å². The molecular formula is C13H23N3O. The number of guanidine groups is 1. The van der Waals surface area contributed by atoms with Crippen LogP contribution in [-0.4, -0.2) is 37.3 Å². The van der Waals surface area contributed by atoms with Gasteiger partial charge in [0.15, 0.2) is 5.96 Å². The van der Waals surface area contributed by atoms with Crippen LogP contribution in [0.15, 0.2) is 4.99 Å². The van der Waals surface area contributed by atoms with Crippen molar-refractivity contribution in [3.05, 3.63) is 0 Å². The molecule has 2 unspecified atom stereocenters. The molecule has 3 aliphatic rings. The van der Waals surface area contributed by atoms with Crippen LogP contribution >= 0.6 is 0 Å². The molecule has 0 radical (unpaired) electrons. The Labute approximate surface area is 103 Å². The third-order valence-electron chi connectivity index (χ3n) is 4.32. The highest BCUT2D eigenvalue weighted by molar-refractivity contribution is 5.81. The molecule has 1 spiro atoms. The SMILES string of the molecule is CC1CN=C(NCC2CCOC3(CCC3)C2)N1.